The molecule has 0 aliphatic carbocycles. The third kappa shape index (κ3) is 3.60. The Morgan fingerprint density at radius 2 is 2.05 bits per heavy atom. The van der Waals surface area contributed by atoms with Gasteiger partial charge in [0.2, 0.25) is 0 Å². The highest BCUT2D eigenvalue weighted by Gasteiger charge is 2.12. The van der Waals surface area contributed by atoms with Crippen LogP contribution in [0.2, 0.25) is 0 Å². The number of halogens is 2. The molecule has 2 aromatic rings. The Balaban J connectivity index is 2.37. The summed E-state index contributed by atoms with van der Waals surface area (Å²) in [7, 11) is 1.86. The van der Waals surface area contributed by atoms with Gasteiger partial charge in [0, 0.05) is 22.1 Å². The molecule has 0 spiro atoms. The van der Waals surface area contributed by atoms with E-state index in [1.165, 1.54) is 12.1 Å². The lowest BCUT2D eigenvalue weighted by molar-refractivity contribution is 0.461. The van der Waals surface area contributed by atoms with Crippen molar-refractivity contribution >= 4 is 15.9 Å². The van der Waals surface area contributed by atoms with E-state index in [1.807, 2.05) is 32.2 Å². The van der Waals surface area contributed by atoms with Crippen molar-refractivity contribution in [1.82, 2.24) is 5.32 Å². The van der Waals surface area contributed by atoms with Crippen molar-refractivity contribution < 1.29 is 9.13 Å². The highest BCUT2D eigenvalue weighted by molar-refractivity contribution is 9.10. The van der Waals surface area contributed by atoms with E-state index in [1.54, 1.807) is 12.1 Å². The van der Waals surface area contributed by atoms with E-state index in [-0.39, 0.29) is 11.6 Å². The van der Waals surface area contributed by atoms with Crippen molar-refractivity contribution in [2.24, 2.45) is 0 Å². The molecular formula is C16H14BrFN2O. The summed E-state index contributed by atoms with van der Waals surface area (Å²) in [6.07, 6.45) is 0. The summed E-state index contributed by atoms with van der Waals surface area (Å²) in [5.41, 5.74) is 0.964. The van der Waals surface area contributed by atoms with Gasteiger partial charge in [0.05, 0.1) is 5.56 Å². The van der Waals surface area contributed by atoms with E-state index in [4.69, 9.17) is 10.00 Å². The van der Waals surface area contributed by atoms with Gasteiger partial charge >= 0.3 is 0 Å². The number of nitrogens with one attached hydrogen (secondary N) is 1. The zero-order valence-electron chi connectivity index (χ0n) is 11.7. The monoisotopic (exact) mass is 348 g/mol. The van der Waals surface area contributed by atoms with Crippen LogP contribution >= 0.6 is 15.9 Å². The van der Waals surface area contributed by atoms with Crippen LogP contribution in [0.1, 0.15) is 24.1 Å². The van der Waals surface area contributed by atoms with Gasteiger partial charge in [0.15, 0.2) is 0 Å². The number of nitrogens with zero attached hydrogens (tertiary/aromatic N) is 1. The predicted octanol–water partition coefficient (Wildman–Crippen LogP) is 4.53. The van der Waals surface area contributed by atoms with Crippen molar-refractivity contribution in [2.45, 2.75) is 13.0 Å². The van der Waals surface area contributed by atoms with Gasteiger partial charge in [0.25, 0.3) is 0 Å². The normalized spacial score (nSPS) is 11.8. The Morgan fingerprint density at radius 1 is 1.29 bits per heavy atom. The molecule has 0 saturated heterocycles. The van der Waals surface area contributed by atoms with E-state index >= 15 is 0 Å². The summed E-state index contributed by atoms with van der Waals surface area (Å²) in [5.74, 6) is 0.401. The third-order valence-electron chi connectivity index (χ3n) is 3.16. The zero-order valence-corrected chi connectivity index (χ0v) is 13.2. The van der Waals surface area contributed by atoms with Crippen molar-refractivity contribution in [3.63, 3.8) is 0 Å². The lowest BCUT2D eigenvalue weighted by Gasteiger charge is -2.17. The Morgan fingerprint density at radius 3 is 2.67 bits per heavy atom. The van der Waals surface area contributed by atoms with Gasteiger partial charge in [-0.25, -0.2) is 4.39 Å². The van der Waals surface area contributed by atoms with Crippen LogP contribution in [0.4, 0.5) is 4.39 Å². The molecule has 0 bridgehead atoms. The molecule has 0 radical (unpaired) electrons. The molecule has 1 atom stereocenters. The van der Waals surface area contributed by atoms with Crippen molar-refractivity contribution in [3.05, 3.63) is 57.8 Å². The predicted molar refractivity (Wildman–Crippen MR) is 82.8 cm³/mol. The molecule has 108 valence electrons. The Labute approximate surface area is 131 Å². The second kappa shape index (κ2) is 6.70. The molecule has 2 aromatic carbocycles. The maximum absolute atomic E-state index is 13.6. The number of rotatable bonds is 4. The number of hydrogen-bond donors (Lipinski definition) is 1. The van der Waals surface area contributed by atoms with Gasteiger partial charge in [0.1, 0.15) is 23.4 Å². The number of nitriles is 1. The summed E-state index contributed by atoms with van der Waals surface area (Å²) in [5, 5.41) is 11.9. The standard InChI is InChI=1S/C16H14BrFN2O/c1-10(20-2)14-6-4-12(17)7-16(14)21-13-5-3-11(9-19)15(18)8-13/h3-8,10,20H,1-2H3. The van der Waals surface area contributed by atoms with Crippen LogP contribution < -0.4 is 10.1 Å². The summed E-state index contributed by atoms with van der Waals surface area (Å²) in [6.45, 7) is 2.01. The van der Waals surface area contributed by atoms with Crippen LogP contribution in [0.15, 0.2) is 40.9 Å². The molecular weight excluding hydrogens is 335 g/mol. The topological polar surface area (TPSA) is 45.0 Å². The van der Waals surface area contributed by atoms with Crippen LogP contribution in [0, 0.1) is 17.1 Å². The molecule has 3 nitrogen and oxygen atoms in total. The minimum atomic E-state index is -0.590. The maximum Gasteiger partial charge on any atom is 0.144 e. The van der Waals surface area contributed by atoms with Crippen LogP contribution in [0.3, 0.4) is 0 Å². The van der Waals surface area contributed by atoms with Crippen molar-refractivity contribution in [1.29, 1.82) is 5.26 Å². The van der Waals surface area contributed by atoms with Gasteiger partial charge in [-0.1, -0.05) is 22.0 Å². The first-order valence-corrected chi connectivity index (χ1v) is 7.18. The van der Waals surface area contributed by atoms with E-state index in [9.17, 15) is 4.39 Å². The van der Waals surface area contributed by atoms with Crippen LogP contribution in [-0.2, 0) is 0 Å². The van der Waals surface area contributed by atoms with Gasteiger partial charge in [-0.3, -0.25) is 0 Å². The Kier molecular flexibility index (Phi) is 4.94. The molecule has 1 unspecified atom stereocenters. The quantitative estimate of drug-likeness (QED) is 0.882. The summed E-state index contributed by atoms with van der Waals surface area (Å²) >= 11 is 3.40. The second-order valence-electron chi connectivity index (χ2n) is 4.55. The molecule has 0 heterocycles. The highest BCUT2D eigenvalue weighted by Crippen LogP contribution is 2.32. The smallest absolute Gasteiger partial charge is 0.144 e. The van der Waals surface area contributed by atoms with E-state index in [0.717, 1.165) is 10.0 Å². The maximum atomic E-state index is 13.6. The number of benzene rings is 2. The van der Waals surface area contributed by atoms with Crippen LogP contribution in [-0.4, -0.2) is 7.05 Å². The number of ether oxygens (including phenoxy) is 1. The summed E-state index contributed by atoms with van der Waals surface area (Å²) < 4.78 is 20.3. The van der Waals surface area contributed by atoms with Crippen molar-refractivity contribution in [3.8, 4) is 17.6 Å². The highest BCUT2D eigenvalue weighted by atomic mass is 79.9. The molecule has 0 aromatic heterocycles. The molecule has 2 rings (SSSR count). The summed E-state index contributed by atoms with van der Waals surface area (Å²) in [4.78, 5) is 0. The summed E-state index contributed by atoms with van der Waals surface area (Å²) in [6, 6.07) is 11.8. The Bertz CT molecular complexity index is 697. The molecule has 0 amide bonds. The zero-order chi connectivity index (χ0) is 15.4. The molecule has 0 aliphatic heterocycles. The van der Waals surface area contributed by atoms with Gasteiger partial charge in [-0.15, -0.1) is 0 Å². The molecule has 0 fully saturated rings. The molecule has 0 aliphatic rings. The Hall–Kier alpha value is -1.90. The first-order valence-electron chi connectivity index (χ1n) is 6.39. The lowest BCUT2D eigenvalue weighted by atomic mass is 10.1. The van der Waals surface area contributed by atoms with E-state index < -0.39 is 5.82 Å². The minimum Gasteiger partial charge on any atom is -0.457 e. The third-order valence-corrected chi connectivity index (χ3v) is 3.66. The van der Waals surface area contributed by atoms with Crippen LogP contribution in [0.25, 0.3) is 0 Å². The first-order chi connectivity index (χ1) is 10.0. The fraction of sp³-hybridized carbons (Fsp3) is 0.188. The van der Waals surface area contributed by atoms with Crippen LogP contribution in [0.5, 0.6) is 11.5 Å². The number of hydrogen-bond acceptors (Lipinski definition) is 3. The van der Waals surface area contributed by atoms with Gasteiger partial charge in [-0.2, -0.15) is 5.26 Å². The van der Waals surface area contributed by atoms with Gasteiger partial charge in [-0.05, 0) is 38.2 Å². The first kappa shape index (κ1) is 15.5. The molecule has 1 N–H and O–H groups in total. The average Bonchev–Trinajstić information content (AvgIpc) is 2.47. The second-order valence-corrected chi connectivity index (χ2v) is 5.46. The minimum absolute atomic E-state index is 0.000378. The lowest BCUT2D eigenvalue weighted by Crippen LogP contribution is -2.13. The van der Waals surface area contributed by atoms with E-state index in [2.05, 4.69) is 21.2 Å². The van der Waals surface area contributed by atoms with Crippen molar-refractivity contribution in [2.75, 3.05) is 7.05 Å². The fourth-order valence-electron chi connectivity index (χ4n) is 1.89. The van der Waals surface area contributed by atoms with E-state index in [0.29, 0.717) is 11.5 Å². The average molecular weight is 349 g/mol. The molecule has 0 saturated carbocycles. The van der Waals surface area contributed by atoms with Gasteiger partial charge < -0.3 is 10.1 Å². The molecule has 21 heavy (non-hydrogen) atoms. The SMILES string of the molecule is CNC(C)c1ccc(Br)cc1Oc1ccc(C#N)c(F)c1. The largest absolute Gasteiger partial charge is 0.457 e. The fourth-order valence-corrected chi connectivity index (χ4v) is 2.23. The molecule has 5 heteroatoms.